The number of hydrogen-bond donors (Lipinski definition) is 2. The SMILES string of the molecule is CCN(CC)C(=O)CCNCc1cnn(CCO)c1. The van der Waals surface area contributed by atoms with E-state index in [9.17, 15) is 4.79 Å². The second-order valence-electron chi connectivity index (χ2n) is 4.33. The van der Waals surface area contributed by atoms with Crippen LogP contribution in [0, 0.1) is 0 Å². The average molecular weight is 268 g/mol. The molecular formula is C13H24N4O2. The largest absolute Gasteiger partial charge is 0.394 e. The van der Waals surface area contributed by atoms with Gasteiger partial charge in [0.2, 0.25) is 5.91 Å². The molecule has 0 unspecified atom stereocenters. The Balaban J connectivity index is 2.21. The standard InChI is InChI=1S/C13H24N4O2/c1-3-16(4-2)13(19)5-6-14-9-12-10-15-17(11-12)7-8-18/h10-11,14,18H,3-9H2,1-2H3. The zero-order chi connectivity index (χ0) is 14.1. The van der Waals surface area contributed by atoms with Gasteiger partial charge in [-0.15, -0.1) is 0 Å². The van der Waals surface area contributed by atoms with E-state index in [2.05, 4.69) is 10.4 Å². The van der Waals surface area contributed by atoms with Gasteiger partial charge in [0, 0.05) is 44.4 Å². The molecule has 0 aromatic carbocycles. The lowest BCUT2D eigenvalue weighted by atomic mass is 10.3. The van der Waals surface area contributed by atoms with Gasteiger partial charge in [-0.05, 0) is 13.8 Å². The molecule has 0 spiro atoms. The summed E-state index contributed by atoms with van der Waals surface area (Å²) in [6.07, 6.45) is 4.19. The van der Waals surface area contributed by atoms with E-state index in [0.29, 0.717) is 26.1 Å². The zero-order valence-electron chi connectivity index (χ0n) is 11.8. The van der Waals surface area contributed by atoms with Crippen LogP contribution in [-0.2, 0) is 17.9 Å². The maximum Gasteiger partial charge on any atom is 0.223 e. The molecule has 0 saturated carbocycles. The first-order valence-corrected chi connectivity index (χ1v) is 6.81. The predicted molar refractivity (Wildman–Crippen MR) is 73.6 cm³/mol. The predicted octanol–water partition coefficient (Wildman–Crippen LogP) is 0.224. The lowest BCUT2D eigenvalue weighted by Gasteiger charge is -2.18. The molecule has 0 fully saturated rings. The van der Waals surface area contributed by atoms with Gasteiger partial charge in [0.05, 0.1) is 19.3 Å². The molecule has 1 rings (SSSR count). The molecular weight excluding hydrogens is 244 g/mol. The summed E-state index contributed by atoms with van der Waals surface area (Å²) in [7, 11) is 0. The van der Waals surface area contributed by atoms with Gasteiger partial charge in [-0.2, -0.15) is 5.10 Å². The summed E-state index contributed by atoms with van der Waals surface area (Å²) in [5.74, 6) is 0.188. The molecule has 0 aliphatic carbocycles. The van der Waals surface area contributed by atoms with Crippen LogP contribution in [-0.4, -0.2) is 51.9 Å². The number of carbonyl (C=O) groups excluding carboxylic acids is 1. The summed E-state index contributed by atoms with van der Waals surface area (Å²) in [6.45, 7) is 7.48. The first kappa shape index (κ1) is 15.7. The Morgan fingerprint density at radius 3 is 2.84 bits per heavy atom. The third-order valence-electron chi connectivity index (χ3n) is 2.98. The van der Waals surface area contributed by atoms with Crippen molar-refractivity contribution in [2.45, 2.75) is 33.4 Å². The second kappa shape index (κ2) is 8.66. The second-order valence-corrected chi connectivity index (χ2v) is 4.33. The molecule has 0 saturated heterocycles. The van der Waals surface area contributed by atoms with Crippen LogP contribution in [0.15, 0.2) is 12.4 Å². The molecule has 1 heterocycles. The van der Waals surface area contributed by atoms with E-state index in [-0.39, 0.29) is 12.5 Å². The van der Waals surface area contributed by atoms with Gasteiger partial charge < -0.3 is 15.3 Å². The monoisotopic (exact) mass is 268 g/mol. The van der Waals surface area contributed by atoms with E-state index in [4.69, 9.17) is 5.11 Å². The number of nitrogens with one attached hydrogen (secondary N) is 1. The number of rotatable bonds is 9. The molecule has 0 radical (unpaired) electrons. The summed E-state index contributed by atoms with van der Waals surface area (Å²) in [5.41, 5.74) is 1.06. The molecule has 1 amide bonds. The van der Waals surface area contributed by atoms with Crippen molar-refractivity contribution < 1.29 is 9.90 Å². The van der Waals surface area contributed by atoms with Crippen LogP contribution >= 0.6 is 0 Å². The summed E-state index contributed by atoms with van der Waals surface area (Å²) in [4.78, 5) is 13.6. The molecule has 19 heavy (non-hydrogen) atoms. The summed E-state index contributed by atoms with van der Waals surface area (Å²) < 4.78 is 1.71. The fourth-order valence-electron chi connectivity index (χ4n) is 1.88. The maximum absolute atomic E-state index is 11.7. The summed E-state index contributed by atoms with van der Waals surface area (Å²) in [6, 6.07) is 0. The van der Waals surface area contributed by atoms with Crippen molar-refractivity contribution in [3.63, 3.8) is 0 Å². The van der Waals surface area contributed by atoms with Gasteiger partial charge in [-0.1, -0.05) is 0 Å². The Hall–Kier alpha value is -1.40. The minimum Gasteiger partial charge on any atom is -0.394 e. The highest BCUT2D eigenvalue weighted by Crippen LogP contribution is 1.98. The van der Waals surface area contributed by atoms with Crippen LogP contribution in [0.5, 0.6) is 0 Å². The van der Waals surface area contributed by atoms with Crippen molar-refractivity contribution in [3.05, 3.63) is 18.0 Å². The number of hydrogen-bond acceptors (Lipinski definition) is 4. The summed E-state index contributed by atoms with van der Waals surface area (Å²) >= 11 is 0. The minimum absolute atomic E-state index is 0.0902. The van der Waals surface area contributed by atoms with Gasteiger partial charge >= 0.3 is 0 Å². The molecule has 0 aliphatic rings. The molecule has 1 aromatic heterocycles. The number of amides is 1. The average Bonchev–Trinajstić information content (AvgIpc) is 2.84. The van der Waals surface area contributed by atoms with Crippen LogP contribution in [0.2, 0.25) is 0 Å². The van der Waals surface area contributed by atoms with E-state index < -0.39 is 0 Å². The quantitative estimate of drug-likeness (QED) is 0.629. The van der Waals surface area contributed by atoms with Crippen molar-refractivity contribution in [2.75, 3.05) is 26.2 Å². The Labute approximate surface area is 114 Å². The van der Waals surface area contributed by atoms with Gasteiger partial charge in [0.25, 0.3) is 0 Å². The van der Waals surface area contributed by atoms with E-state index in [1.54, 1.807) is 10.9 Å². The fraction of sp³-hybridized carbons (Fsp3) is 0.692. The van der Waals surface area contributed by atoms with Crippen molar-refractivity contribution in [1.82, 2.24) is 20.0 Å². The first-order valence-electron chi connectivity index (χ1n) is 6.81. The van der Waals surface area contributed by atoms with Crippen molar-refractivity contribution in [2.24, 2.45) is 0 Å². The first-order chi connectivity index (χ1) is 9.21. The molecule has 108 valence electrons. The molecule has 6 heteroatoms. The lowest BCUT2D eigenvalue weighted by Crippen LogP contribution is -2.32. The zero-order valence-corrected chi connectivity index (χ0v) is 11.8. The fourth-order valence-corrected chi connectivity index (χ4v) is 1.88. The normalized spacial score (nSPS) is 10.7. The Morgan fingerprint density at radius 2 is 2.21 bits per heavy atom. The molecule has 2 N–H and O–H groups in total. The Kier molecular flexibility index (Phi) is 7.14. The third kappa shape index (κ3) is 5.40. The van der Waals surface area contributed by atoms with Gasteiger partial charge in [-0.3, -0.25) is 9.48 Å². The van der Waals surface area contributed by atoms with Crippen LogP contribution in [0.1, 0.15) is 25.8 Å². The minimum atomic E-state index is 0.0902. The summed E-state index contributed by atoms with van der Waals surface area (Å²) in [5, 5.41) is 16.1. The molecule has 0 atom stereocenters. The van der Waals surface area contributed by atoms with E-state index in [0.717, 1.165) is 18.7 Å². The highest BCUT2D eigenvalue weighted by atomic mass is 16.3. The van der Waals surface area contributed by atoms with Crippen LogP contribution in [0.4, 0.5) is 0 Å². The van der Waals surface area contributed by atoms with Crippen molar-refractivity contribution >= 4 is 5.91 Å². The molecule has 0 aliphatic heterocycles. The lowest BCUT2D eigenvalue weighted by molar-refractivity contribution is -0.130. The smallest absolute Gasteiger partial charge is 0.223 e. The number of nitrogens with zero attached hydrogens (tertiary/aromatic N) is 3. The van der Waals surface area contributed by atoms with Crippen LogP contribution < -0.4 is 5.32 Å². The van der Waals surface area contributed by atoms with E-state index >= 15 is 0 Å². The topological polar surface area (TPSA) is 70.4 Å². The van der Waals surface area contributed by atoms with Gasteiger partial charge in [-0.25, -0.2) is 0 Å². The van der Waals surface area contributed by atoms with Gasteiger partial charge in [0.1, 0.15) is 0 Å². The third-order valence-corrected chi connectivity index (χ3v) is 2.98. The molecule has 1 aromatic rings. The Bertz CT molecular complexity index is 374. The molecule has 0 bridgehead atoms. The number of aliphatic hydroxyl groups excluding tert-OH is 1. The highest BCUT2D eigenvalue weighted by molar-refractivity contribution is 5.76. The van der Waals surface area contributed by atoms with Crippen LogP contribution in [0.25, 0.3) is 0 Å². The van der Waals surface area contributed by atoms with Crippen molar-refractivity contribution in [3.8, 4) is 0 Å². The number of aromatic nitrogens is 2. The Morgan fingerprint density at radius 1 is 1.47 bits per heavy atom. The van der Waals surface area contributed by atoms with Crippen molar-refractivity contribution in [1.29, 1.82) is 0 Å². The maximum atomic E-state index is 11.7. The van der Waals surface area contributed by atoms with E-state index in [1.807, 2.05) is 24.9 Å². The van der Waals surface area contributed by atoms with Crippen LogP contribution in [0.3, 0.4) is 0 Å². The van der Waals surface area contributed by atoms with Gasteiger partial charge in [0.15, 0.2) is 0 Å². The van der Waals surface area contributed by atoms with E-state index in [1.165, 1.54) is 0 Å². The highest BCUT2D eigenvalue weighted by Gasteiger charge is 2.08. The number of aliphatic hydroxyl groups is 1. The molecule has 6 nitrogen and oxygen atoms in total. The number of carbonyl (C=O) groups is 1.